The molecular formula is C22H19FN2O3. The fourth-order valence-corrected chi connectivity index (χ4v) is 2.45. The molecule has 0 saturated heterocycles. The van der Waals surface area contributed by atoms with E-state index in [-0.39, 0.29) is 0 Å². The Labute approximate surface area is 162 Å². The Kier molecular flexibility index (Phi) is 6.36. The lowest BCUT2D eigenvalue weighted by Crippen LogP contribution is -2.17. The maximum Gasteiger partial charge on any atom is 0.271 e. The molecule has 0 atom stereocenters. The molecule has 0 fully saturated rings. The third kappa shape index (κ3) is 5.17. The predicted octanol–water partition coefficient (Wildman–Crippen LogP) is 4.18. The van der Waals surface area contributed by atoms with Crippen molar-refractivity contribution >= 4 is 12.1 Å². The molecule has 0 radical (unpaired) electrons. The monoisotopic (exact) mass is 378 g/mol. The normalized spacial score (nSPS) is 10.6. The summed E-state index contributed by atoms with van der Waals surface area (Å²) in [5, 5.41) is 3.92. The quantitative estimate of drug-likeness (QED) is 0.496. The largest absolute Gasteiger partial charge is 0.493 e. The lowest BCUT2D eigenvalue weighted by molar-refractivity contribution is 0.0955. The summed E-state index contributed by atoms with van der Waals surface area (Å²) in [6, 6.07) is 20.4. The summed E-state index contributed by atoms with van der Waals surface area (Å²) in [6.07, 6.45) is 1.49. The van der Waals surface area contributed by atoms with Crippen molar-refractivity contribution in [2.75, 3.05) is 7.11 Å². The van der Waals surface area contributed by atoms with E-state index in [4.69, 9.17) is 9.47 Å². The molecule has 142 valence electrons. The second kappa shape index (κ2) is 9.32. The van der Waals surface area contributed by atoms with E-state index in [2.05, 4.69) is 10.5 Å². The van der Waals surface area contributed by atoms with Gasteiger partial charge in [0, 0.05) is 5.56 Å². The molecule has 0 aromatic heterocycles. The van der Waals surface area contributed by atoms with Crippen LogP contribution in [0.3, 0.4) is 0 Å². The number of hydrazone groups is 1. The summed E-state index contributed by atoms with van der Waals surface area (Å²) in [7, 11) is 1.56. The molecule has 3 aromatic carbocycles. The Bertz CT molecular complexity index is 957. The number of nitrogens with zero attached hydrogens (tertiary/aromatic N) is 1. The first-order valence-electron chi connectivity index (χ1n) is 8.59. The van der Waals surface area contributed by atoms with Crippen molar-refractivity contribution in [1.29, 1.82) is 0 Å². The minimum absolute atomic E-state index is 0.320. The second-order valence-electron chi connectivity index (χ2n) is 5.89. The van der Waals surface area contributed by atoms with Crippen LogP contribution in [-0.2, 0) is 6.61 Å². The van der Waals surface area contributed by atoms with Crippen LogP contribution < -0.4 is 14.9 Å². The molecule has 5 nitrogen and oxygen atoms in total. The first-order chi connectivity index (χ1) is 13.7. The van der Waals surface area contributed by atoms with Gasteiger partial charge in [-0.1, -0.05) is 30.3 Å². The van der Waals surface area contributed by atoms with E-state index in [0.717, 1.165) is 11.1 Å². The molecule has 0 heterocycles. The van der Waals surface area contributed by atoms with Crippen LogP contribution in [0.2, 0.25) is 0 Å². The highest BCUT2D eigenvalue weighted by Gasteiger charge is 2.06. The molecule has 28 heavy (non-hydrogen) atoms. The first-order valence-corrected chi connectivity index (χ1v) is 8.59. The standard InChI is InChI=1S/C22H19FN2O3/c1-27-21-13-17(7-12-20(21)28-15-16-5-3-2-4-6-16)14-24-25-22(26)18-8-10-19(23)11-9-18/h2-14H,15H2,1H3,(H,25,26)/b24-14+. The zero-order valence-electron chi connectivity index (χ0n) is 15.3. The number of benzene rings is 3. The van der Waals surface area contributed by atoms with Gasteiger partial charge in [-0.15, -0.1) is 0 Å². The Balaban J connectivity index is 1.61. The maximum absolute atomic E-state index is 12.9. The lowest BCUT2D eigenvalue weighted by atomic mass is 10.2. The molecule has 0 spiro atoms. The van der Waals surface area contributed by atoms with Crippen molar-refractivity contribution in [3.63, 3.8) is 0 Å². The lowest BCUT2D eigenvalue weighted by Gasteiger charge is -2.11. The number of amides is 1. The van der Waals surface area contributed by atoms with Gasteiger partial charge in [0.2, 0.25) is 0 Å². The van der Waals surface area contributed by atoms with Gasteiger partial charge in [-0.25, -0.2) is 9.82 Å². The predicted molar refractivity (Wildman–Crippen MR) is 105 cm³/mol. The number of halogens is 1. The highest BCUT2D eigenvalue weighted by Crippen LogP contribution is 2.28. The maximum atomic E-state index is 12.9. The zero-order valence-corrected chi connectivity index (χ0v) is 15.3. The Morgan fingerprint density at radius 1 is 1.04 bits per heavy atom. The Morgan fingerprint density at radius 2 is 1.79 bits per heavy atom. The van der Waals surface area contributed by atoms with Gasteiger partial charge in [0.05, 0.1) is 13.3 Å². The van der Waals surface area contributed by atoms with Crippen LogP contribution >= 0.6 is 0 Å². The molecule has 0 bridgehead atoms. The second-order valence-corrected chi connectivity index (χ2v) is 5.89. The first kappa shape index (κ1) is 19.1. The van der Waals surface area contributed by atoms with Crippen LogP contribution in [0.5, 0.6) is 11.5 Å². The average Bonchev–Trinajstić information content (AvgIpc) is 2.73. The van der Waals surface area contributed by atoms with Crippen LogP contribution in [0.15, 0.2) is 77.9 Å². The van der Waals surface area contributed by atoms with Crippen LogP contribution in [0.25, 0.3) is 0 Å². The molecule has 3 rings (SSSR count). The van der Waals surface area contributed by atoms with Crippen LogP contribution in [-0.4, -0.2) is 19.2 Å². The number of hydrogen-bond donors (Lipinski definition) is 1. The number of nitrogens with one attached hydrogen (secondary N) is 1. The van der Waals surface area contributed by atoms with Crippen molar-refractivity contribution in [3.8, 4) is 11.5 Å². The molecule has 1 N–H and O–H groups in total. The topological polar surface area (TPSA) is 59.9 Å². The third-order valence-corrected chi connectivity index (χ3v) is 3.91. The summed E-state index contributed by atoms with van der Waals surface area (Å²) in [4.78, 5) is 12.0. The van der Waals surface area contributed by atoms with Gasteiger partial charge >= 0.3 is 0 Å². The van der Waals surface area contributed by atoms with Gasteiger partial charge in [-0.2, -0.15) is 5.10 Å². The van der Waals surface area contributed by atoms with Gasteiger partial charge in [-0.05, 0) is 53.6 Å². The Hall–Kier alpha value is -3.67. The van der Waals surface area contributed by atoms with Crippen molar-refractivity contribution in [1.82, 2.24) is 5.43 Å². The molecule has 0 aliphatic carbocycles. The molecule has 6 heteroatoms. The van der Waals surface area contributed by atoms with Crippen LogP contribution in [0.4, 0.5) is 4.39 Å². The molecule has 1 amide bonds. The van der Waals surface area contributed by atoms with E-state index in [1.54, 1.807) is 25.3 Å². The van der Waals surface area contributed by atoms with Crippen molar-refractivity contribution < 1.29 is 18.7 Å². The highest BCUT2D eigenvalue weighted by atomic mass is 19.1. The van der Waals surface area contributed by atoms with E-state index in [1.165, 1.54) is 30.5 Å². The van der Waals surface area contributed by atoms with Crippen molar-refractivity contribution in [2.24, 2.45) is 5.10 Å². The zero-order chi connectivity index (χ0) is 19.8. The van der Waals surface area contributed by atoms with Gasteiger partial charge in [0.15, 0.2) is 11.5 Å². The number of methoxy groups -OCH3 is 1. The minimum Gasteiger partial charge on any atom is -0.493 e. The fourth-order valence-electron chi connectivity index (χ4n) is 2.45. The Morgan fingerprint density at radius 3 is 2.50 bits per heavy atom. The van der Waals surface area contributed by atoms with Gasteiger partial charge in [0.1, 0.15) is 12.4 Å². The number of carbonyl (C=O) groups excluding carboxylic acids is 1. The van der Waals surface area contributed by atoms with Crippen LogP contribution in [0.1, 0.15) is 21.5 Å². The highest BCUT2D eigenvalue weighted by molar-refractivity contribution is 5.94. The molecule has 0 saturated carbocycles. The third-order valence-electron chi connectivity index (χ3n) is 3.91. The van der Waals surface area contributed by atoms with Gasteiger partial charge in [-0.3, -0.25) is 4.79 Å². The smallest absolute Gasteiger partial charge is 0.271 e. The minimum atomic E-state index is -0.425. The summed E-state index contributed by atoms with van der Waals surface area (Å²) in [6.45, 7) is 0.429. The number of hydrogen-bond acceptors (Lipinski definition) is 4. The summed E-state index contributed by atoms with van der Waals surface area (Å²) in [5.41, 5.74) is 4.50. The average molecular weight is 378 g/mol. The molecule has 0 unspecified atom stereocenters. The number of rotatable bonds is 7. The van der Waals surface area contributed by atoms with Crippen molar-refractivity contribution in [2.45, 2.75) is 6.61 Å². The van der Waals surface area contributed by atoms with Gasteiger partial charge < -0.3 is 9.47 Å². The van der Waals surface area contributed by atoms with E-state index in [1.807, 2.05) is 30.3 Å². The van der Waals surface area contributed by atoms with E-state index >= 15 is 0 Å². The fraction of sp³-hybridized carbons (Fsp3) is 0.0909. The molecule has 0 aliphatic rings. The summed E-state index contributed by atoms with van der Waals surface area (Å²) < 4.78 is 24.1. The molecular weight excluding hydrogens is 359 g/mol. The van der Waals surface area contributed by atoms with Crippen LogP contribution in [0, 0.1) is 5.82 Å². The number of ether oxygens (including phenoxy) is 2. The number of carbonyl (C=O) groups is 1. The van der Waals surface area contributed by atoms with Crippen molar-refractivity contribution in [3.05, 3.63) is 95.3 Å². The summed E-state index contributed by atoms with van der Waals surface area (Å²) >= 11 is 0. The van der Waals surface area contributed by atoms with E-state index in [9.17, 15) is 9.18 Å². The van der Waals surface area contributed by atoms with E-state index in [0.29, 0.717) is 23.7 Å². The SMILES string of the molecule is COc1cc(/C=N/NC(=O)c2ccc(F)cc2)ccc1OCc1ccccc1. The molecule has 0 aliphatic heterocycles. The summed E-state index contributed by atoms with van der Waals surface area (Å²) in [5.74, 6) is 0.344. The van der Waals surface area contributed by atoms with E-state index < -0.39 is 11.7 Å². The van der Waals surface area contributed by atoms with Gasteiger partial charge in [0.25, 0.3) is 5.91 Å². The molecule has 3 aromatic rings.